The van der Waals surface area contributed by atoms with Gasteiger partial charge in [-0.2, -0.15) is 0 Å². The highest BCUT2D eigenvalue weighted by atomic mass is 16.5. The van der Waals surface area contributed by atoms with Crippen LogP contribution in [0.25, 0.3) is 0 Å². The Morgan fingerprint density at radius 1 is 1.29 bits per heavy atom. The maximum atomic E-state index is 11.2. The fraction of sp³-hybridized carbons (Fsp3) is 0.250. The van der Waals surface area contributed by atoms with Crippen molar-refractivity contribution >= 4 is 11.9 Å². The molecule has 0 saturated heterocycles. The zero-order valence-electron chi connectivity index (χ0n) is 12.1. The minimum Gasteiger partial charge on any atom is -0.460 e. The lowest BCUT2D eigenvalue weighted by Gasteiger charge is -2.03. The van der Waals surface area contributed by atoms with Crippen LogP contribution in [0.4, 0.5) is 0 Å². The highest BCUT2D eigenvalue weighted by Gasteiger charge is 2.06. The summed E-state index contributed by atoms with van der Waals surface area (Å²) in [6.07, 6.45) is 1.67. The predicted molar refractivity (Wildman–Crippen MR) is 79.7 cm³/mol. The van der Waals surface area contributed by atoms with Crippen LogP contribution in [0.1, 0.15) is 13.3 Å². The van der Waals surface area contributed by atoms with Crippen molar-refractivity contribution in [3.05, 3.63) is 55.1 Å². The normalized spacial score (nSPS) is 8.86. The van der Waals surface area contributed by atoms with Gasteiger partial charge in [0.15, 0.2) is 0 Å². The molecule has 21 heavy (non-hydrogen) atoms. The third-order valence-corrected chi connectivity index (χ3v) is 2.17. The maximum absolute atomic E-state index is 11.2. The first-order valence-electron chi connectivity index (χ1n) is 6.40. The molecule has 1 N–H and O–H groups in total. The Hall–Kier alpha value is -2.40. The lowest BCUT2D eigenvalue weighted by molar-refractivity contribution is -0.138. The number of carbonyl (C=O) groups is 2. The fourth-order valence-electron chi connectivity index (χ4n) is 1.02. The van der Waals surface area contributed by atoms with Gasteiger partial charge in [-0.25, -0.2) is 9.59 Å². The van der Waals surface area contributed by atoms with Crippen LogP contribution in [0.15, 0.2) is 55.1 Å². The maximum Gasteiger partial charge on any atom is 0.338 e. The first-order chi connectivity index (χ1) is 10.0. The van der Waals surface area contributed by atoms with Crippen molar-refractivity contribution in [2.45, 2.75) is 13.3 Å². The third-order valence-electron chi connectivity index (χ3n) is 2.17. The van der Waals surface area contributed by atoms with Crippen LogP contribution < -0.4 is 4.74 Å². The van der Waals surface area contributed by atoms with E-state index < -0.39 is 5.97 Å². The molecule has 0 atom stereocenters. The van der Waals surface area contributed by atoms with Crippen molar-refractivity contribution < 1.29 is 24.2 Å². The molecule has 0 radical (unpaired) electrons. The van der Waals surface area contributed by atoms with Crippen LogP contribution in [0.2, 0.25) is 0 Å². The molecule has 1 rings (SSSR count). The molecule has 0 saturated carbocycles. The quantitative estimate of drug-likeness (QED) is 0.494. The number of esters is 2. The van der Waals surface area contributed by atoms with E-state index in [1.165, 1.54) is 0 Å². The van der Waals surface area contributed by atoms with Gasteiger partial charge in [0.2, 0.25) is 0 Å². The van der Waals surface area contributed by atoms with E-state index in [0.717, 1.165) is 6.08 Å². The monoisotopic (exact) mass is 292 g/mol. The molecule has 1 aromatic carbocycles. The summed E-state index contributed by atoms with van der Waals surface area (Å²) >= 11 is 0. The van der Waals surface area contributed by atoms with Gasteiger partial charge in [0.1, 0.15) is 12.4 Å². The number of hydrogen-bond acceptors (Lipinski definition) is 5. The highest BCUT2D eigenvalue weighted by molar-refractivity contribution is 5.89. The molecule has 0 aliphatic carbocycles. The Morgan fingerprint density at radius 3 is 2.38 bits per heavy atom. The smallest absolute Gasteiger partial charge is 0.338 e. The van der Waals surface area contributed by atoms with Crippen LogP contribution in [0.3, 0.4) is 0 Å². The average Bonchev–Trinajstić information content (AvgIpc) is 2.53. The van der Waals surface area contributed by atoms with Crippen LogP contribution >= 0.6 is 0 Å². The molecule has 0 bridgehead atoms. The predicted octanol–water partition coefficient (Wildman–Crippen LogP) is 2.27. The lowest BCUT2D eigenvalue weighted by Crippen LogP contribution is -2.09. The third kappa shape index (κ3) is 9.18. The zero-order chi connectivity index (χ0) is 16.1. The molecule has 0 aliphatic rings. The van der Waals surface area contributed by atoms with Crippen molar-refractivity contribution in [2.75, 3.05) is 13.2 Å². The van der Waals surface area contributed by atoms with Gasteiger partial charge in [-0.15, -0.1) is 0 Å². The second-order valence-corrected chi connectivity index (χ2v) is 3.75. The Balaban J connectivity index is 0.000000433. The van der Waals surface area contributed by atoms with Crippen molar-refractivity contribution in [1.82, 2.24) is 0 Å². The topological polar surface area (TPSA) is 72.8 Å². The zero-order valence-corrected chi connectivity index (χ0v) is 12.1. The molecular weight excluding hydrogens is 272 g/mol. The summed E-state index contributed by atoms with van der Waals surface area (Å²) in [5, 5.41) is 8.10. The minimum atomic E-state index is -0.501. The Morgan fingerprint density at radius 2 is 1.90 bits per heavy atom. The standard InChI is InChI=1S/C11H12O2.C5H8O3/c1-3-9(2)11(12)13-10-7-5-4-6-8-10;1-2-5(7)8-4-3-6/h4-8H,2-3H2,1H3;2,6H,1,3-4H2. The highest BCUT2D eigenvalue weighted by Crippen LogP contribution is 2.11. The molecule has 0 amide bonds. The lowest BCUT2D eigenvalue weighted by atomic mass is 10.2. The first-order valence-corrected chi connectivity index (χ1v) is 6.40. The molecule has 114 valence electrons. The largest absolute Gasteiger partial charge is 0.460 e. The van der Waals surface area contributed by atoms with Gasteiger partial charge in [0.05, 0.1) is 6.61 Å². The number of para-hydroxylation sites is 1. The van der Waals surface area contributed by atoms with E-state index in [9.17, 15) is 9.59 Å². The SMILES string of the molecule is C=C(CC)C(=O)Oc1ccccc1.C=CC(=O)OCCO. The number of ether oxygens (including phenoxy) is 2. The number of hydrogen-bond donors (Lipinski definition) is 1. The van der Waals surface area contributed by atoms with Gasteiger partial charge < -0.3 is 14.6 Å². The van der Waals surface area contributed by atoms with Crippen LogP contribution in [0, 0.1) is 0 Å². The summed E-state index contributed by atoms with van der Waals surface area (Å²) in [6, 6.07) is 8.97. The van der Waals surface area contributed by atoms with Crippen molar-refractivity contribution in [3.63, 3.8) is 0 Å². The van der Waals surface area contributed by atoms with E-state index >= 15 is 0 Å². The Kier molecular flexibility index (Phi) is 10.1. The van der Waals surface area contributed by atoms with E-state index in [2.05, 4.69) is 17.9 Å². The fourth-order valence-corrected chi connectivity index (χ4v) is 1.02. The molecule has 0 heterocycles. The minimum absolute atomic E-state index is 0.0465. The van der Waals surface area contributed by atoms with Crippen LogP contribution in [0.5, 0.6) is 5.75 Å². The van der Waals surface area contributed by atoms with Gasteiger partial charge in [-0.1, -0.05) is 38.3 Å². The van der Waals surface area contributed by atoms with E-state index in [4.69, 9.17) is 9.84 Å². The van der Waals surface area contributed by atoms with E-state index in [0.29, 0.717) is 17.7 Å². The number of rotatable bonds is 6. The van der Waals surface area contributed by atoms with Crippen LogP contribution in [-0.4, -0.2) is 30.3 Å². The van der Waals surface area contributed by atoms with Gasteiger partial charge >= 0.3 is 11.9 Å². The van der Waals surface area contributed by atoms with Crippen molar-refractivity contribution in [3.8, 4) is 5.75 Å². The molecule has 0 aromatic heterocycles. The van der Waals surface area contributed by atoms with Gasteiger partial charge in [0.25, 0.3) is 0 Å². The first kappa shape index (κ1) is 18.6. The number of benzene rings is 1. The van der Waals surface area contributed by atoms with E-state index in [-0.39, 0.29) is 19.2 Å². The summed E-state index contributed by atoms with van der Waals surface area (Å²) < 4.78 is 9.36. The number of aliphatic hydroxyl groups excluding tert-OH is 1. The molecule has 0 fully saturated rings. The van der Waals surface area contributed by atoms with Gasteiger partial charge in [0, 0.05) is 11.6 Å². The molecule has 0 spiro atoms. The summed E-state index contributed by atoms with van der Waals surface area (Å²) in [4.78, 5) is 21.3. The summed E-state index contributed by atoms with van der Waals surface area (Å²) in [6.45, 7) is 8.53. The van der Waals surface area contributed by atoms with Gasteiger partial charge in [-0.3, -0.25) is 0 Å². The molecule has 0 unspecified atom stereocenters. The molecule has 5 nitrogen and oxygen atoms in total. The second-order valence-electron chi connectivity index (χ2n) is 3.75. The number of aliphatic hydroxyl groups is 1. The van der Waals surface area contributed by atoms with Crippen molar-refractivity contribution in [1.29, 1.82) is 0 Å². The van der Waals surface area contributed by atoms with Gasteiger partial charge in [-0.05, 0) is 18.6 Å². The van der Waals surface area contributed by atoms with E-state index in [1.54, 1.807) is 12.1 Å². The summed E-state index contributed by atoms with van der Waals surface area (Å²) in [7, 11) is 0. The molecular formula is C16H20O5. The summed E-state index contributed by atoms with van der Waals surface area (Å²) in [5.41, 5.74) is 0.490. The summed E-state index contributed by atoms with van der Waals surface area (Å²) in [5.74, 6) is -0.296. The second kappa shape index (κ2) is 11.4. The Labute approximate surface area is 124 Å². The van der Waals surface area contributed by atoms with E-state index in [1.807, 2.05) is 25.1 Å². The average molecular weight is 292 g/mol. The molecule has 0 aliphatic heterocycles. The molecule has 5 heteroatoms. The van der Waals surface area contributed by atoms with Crippen LogP contribution in [-0.2, 0) is 14.3 Å². The number of carbonyl (C=O) groups excluding carboxylic acids is 2. The molecule has 1 aromatic rings. The van der Waals surface area contributed by atoms with Crippen molar-refractivity contribution in [2.24, 2.45) is 0 Å². The Bertz CT molecular complexity index is 465.